The Morgan fingerprint density at radius 3 is 2.82 bits per heavy atom. The van der Waals surface area contributed by atoms with Crippen LogP contribution in [0.25, 0.3) is 0 Å². The van der Waals surface area contributed by atoms with Crippen LogP contribution in [0.1, 0.15) is 10.6 Å². The highest BCUT2D eigenvalue weighted by Crippen LogP contribution is 2.22. The molecule has 0 aliphatic rings. The molecule has 90 valence electrons. The number of anilines is 1. The molecule has 0 aliphatic carbocycles. The summed E-state index contributed by atoms with van der Waals surface area (Å²) in [5.74, 6) is 1.22. The Hall–Kier alpha value is -0.770. The molecule has 0 radical (unpaired) electrons. The van der Waals surface area contributed by atoms with Crippen LogP contribution >= 0.6 is 34.5 Å². The molecule has 0 aliphatic heterocycles. The summed E-state index contributed by atoms with van der Waals surface area (Å²) in [4.78, 5) is 7.82. The second-order valence-corrected chi connectivity index (χ2v) is 5.37. The Bertz CT molecular complexity index is 485. The van der Waals surface area contributed by atoms with Crippen molar-refractivity contribution in [3.63, 3.8) is 0 Å². The van der Waals surface area contributed by atoms with Gasteiger partial charge in [-0.3, -0.25) is 0 Å². The Morgan fingerprint density at radius 2 is 2.18 bits per heavy atom. The number of alkyl halides is 1. The predicted octanol–water partition coefficient (Wildman–Crippen LogP) is 4.17. The topological polar surface area (TPSA) is 16.1 Å². The van der Waals surface area contributed by atoms with E-state index in [1.54, 1.807) is 11.3 Å². The van der Waals surface area contributed by atoms with Crippen LogP contribution in [0.2, 0.25) is 5.02 Å². The van der Waals surface area contributed by atoms with Crippen molar-refractivity contribution in [3.05, 3.63) is 45.2 Å². The van der Waals surface area contributed by atoms with Gasteiger partial charge in [-0.15, -0.1) is 22.9 Å². The molecule has 0 atom stereocenters. The van der Waals surface area contributed by atoms with Crippen LogP contribution in [0.15, 0.2) is 29.6 Å². The van der Waals surface area contributed by atoms with E-state index in [4.69, 9.17) is 23.2 Å². The fraction of sp³-hybridized carbons (Fsp3) is 0.250. The van der Waals surface area contributed by atoms with Gasteiger partial charge in [-0.05, 0) is 23.6 Å². The van der Waals surface area contributed by atoms with Crippen LogP contribution < -0.4 is 4.90 Å². The molecule has 0 saturated heterocycles. The first kappa shape index (κ1) is 12.7. The second-order valence-electron chi connectivity index (χ2n) is 3.67. The number of pyridine rings is 1. The molecule has 2 rings (SSSR count). The minimum atomic E-state index is 0.333. The minimum Gasteiger partial charge on any atom is -0.355 e. The third-order valence-electron chi connectivity index (χ3n) is 2.39. The highest BCUT2D eigenvalue weighted by atomic mass is 35.5. The van der Waals surface area contributed by atoms with Crippen molar-refractivity contribution in [2.24, 2.45) is 0 Å². The van der Waals surface area contributed by atoms with Crippen LogP contribution in [0.3, 0.4) is 0 Å². The standard InChI is InChI=1S/C12H12Cl2N2S/c1-16(8-9-3-2-6-17-9)12-5-4-10(14)11(7-13)15-12/h2-6H,7-8H2,1H3. The van der Waals surface area contributed by atoms with Crippen molar-refractivity contribution in [2.45, 2.75) is 12.4 Å². The van der Waals surface area contributed by atoms with E-state index in [-0.39, 0.29) is 0 Å². The van der Waals surface area contributed by atoms with E-state index in [1.807, 2.05) is 25.2 Å². The predicted molar refractivity (Wildman–Crippen MR) is 75.2 cm³/mol. The number of hydrogen-bond donors (Lipinski definition) is 0. The summed E-state index contributed by atoms with van der Waals surface area (Å²) in [5, 5.41) is 2.69. The first-order chi connectivity index (χ1) is 8.20. The summed E-state index contributed by atoms with van der Waals surface area (Å²) in [7, 11) is 2.01. The second kappa shape index (κ2) is 5.71. The minimum absolute atomic E-state index is 0.333. The molecule has 0 fully saturated rings. The van der Waals surface area contributed by atoms with E-state index in [9.17, 15) is 0 Å². The van der Waals surface area contributed by atoms with Crippen LogP contribution in [0.4, 0.5) is 5.82 Å². The van der Waals surface area contributed by atoms with E-state index < -0.39 is 0 Å². The number of rotatable bonds is 4. The summed E-state index contributed by atoms with van der Waals surface area (Å²) in [6.45, 7) is 0.841. The van der Waals surface area contributed by atoms with Gasteiger partial charge in [0.2, 0.25) is 0 Å². The molecular weight excluding hydrogens is 275 g/mol. The Morgan fingerprint density at radius 1 is 1.35 bits per heavy atom. The lowest BCUT2D eigenvalue weighted by molar-refractivity contribution is 0.904. The number of aromatic nitrogens is 1. The molecule has 0 aromatic carbocycles. The molecule has 0 N–H and O–H groups in total. The van der Waals surface area contributed by atoms with Gasteiger partial charge in [0.25, 0.3) is 0 Å². The third-order valence-corrected chi connectivity index (χ3v) is 3.85. The average molecular weight is 287 g/mol. The van der Waals surface area contributed by atoms with Gasteiger partial charge in [-0.1, -0.05) is 17.7 Å². The van der Waals surface area contributed by atoms with Gasteiger partial charge in [0, 0.05) is 11.9 Å². The monoisotopic (exact) mass is 286 g/mol. The van der Waals surface area contributed by atoms with Gasteiger partial charge >= 0.3 is 0 Å². The smallest absolute Gasteiger partial charge is 0.129 e. The van der Waals surface area contributed by atoms with Gasteiger partial charge in [-0.25, -0.2) is 4.98 Å². The van der Waals surface area contributed by atoms with Gasteiger partial charge in [0.15, 0.2) is 0 Å². The SMILES string of the molecule is CN(Cc1cccs1)c1ccc(Cl)c(CCl)n1. The molecule has 5 heteroatoms. The molecule has 2 aromatic heterocycles. The molecule has 2 heterocycles. The molecule has 0 bridgehead atoms. The molecule has 2 nitrogen and oxygen atoms in total. The normalized spacial score (nSPS) is 10.5. The van der Waals surface area contributed by atoms with Crippen LogP contribution in [0, 0.1) is 0 Å². The lowest BCUT2D eigenvalue weighted by Gasteiger charge is -2.18. The third kappa shape index (κ3) is 3.12. The summed E-state index contributed by atoms with van der Waals surface area (Å²) >= 11 is 13.5. The summed E-state index contributed by atoms with van der Waals surface area (Å²) < 4.78 is 0. The Kier molecular flexibility index (Phi) is 4.26. The maximum absolute atomic E-state index is 5.98. The number of hydrogen-bond acceptors (Lipinski definition) is 3. The van der Waals surface area contributed by atoms with Crippen LogP contribution in [0.5, 0.6) is 0 Å². The van der Waals surface area contributed by atoms with Crippen molar-refractivity contribution in [1.29, 1.82) is 0 Å². The number of thiophene rings is 1. The van der Waals surface area contributed by atoms with Gasteiger partial charge in [0.05, 0.1) is 23.1 Å². The lowest BCUT2D eigenvalue weighted by atomic mass is 10.3. The van der Waals surface area contributed by atoms with Crippen LogP contribution in [-0.2, 0) is 12.4 Å². The molecule has 0 spiro atoms. The number of nitrogens with zero attached hydrogens (tertiary/aromatic N) is 2. The van der Waals surface area contributed by atoms with E-state index in [2.05, 4.69) is 21.3 Å². The fourth-order valence-corrected chi connectivity index (χ4v) is 2.70. The van der Waals surface area contributed by atoms with Crippen molar-refractivity contribution < 1.29 is 0 Å². The first-order valence-corrected chi connectivity index (χ1v) is 6.95. The quantitative estimate of drug-likeness (QED) is 0.784. The van der Waals surface area contributed by atoms with E-state index in [0.717, 1.165) is 18.1 Å². The van der Waals surface area contributed by atoms with Gasteiger partial charge in [-0.2, -0.15) is 0 Å². The zero-order chi connectivity index (χ0) is 12.3. The van der Waals surface area contributed by atoms with Crippen LogP contribution in [-0.4, -0.2) is 12.0 Å². The Labute approximate surface area is 115 Å². The Balaban J connectivity index is 2.16. The summed E-state index contributed by atoms with van der Waals surface area (Å²) in [5.41, 5.74) is 0.726. The average Bonchev–Trinajstić information content (AvgIpc) is 2.82. The van der Waals surface area contributed by atoms with Crippen molar-refractivity contribution in [2.75, 3.05) is 11.9 Å². The summed E-state index contributed by atoms with van der Waals surface area (Å²) in [6.07, 6.45) is 0. The van der Waals surface area contributed by atoms with Crippen molar-refractivity contribution >= 4 is 40.4 Å². The van der Waals surface area contributed by atoms with Gasteiger partial charge in [0.1, 0.15) is 5.82 Å². The molecule has 17 heavy (non-hydrogen) atoms. The highest BCUT2D eigenvalue weighted by Gasteiger charge is 2.07. The lowest BCUT2D eigenvalue weighted by Crippen LogP contribution is -2.17. The zero-order valence-electron chi connectivity index (χ0n) is 9.36. The maximum Gasteiger partial charge on any atom is 0.129 e. The first-order valence-electron chi connectivity index (χ1n) is 5.15. The fourth-order valence-electron chi connectivity index (χ4n) is 1.50. The van der Waals surface area contributed by atoms with E-state index >= 15 is 0 Å². The molecular formula is C12H12Cl2N2S. The molecule has 0 saturated carbocycles. The zero-order valence-corrected chi connectivity index (χ0v) is 11.7. The van der Waals surface area contributed by atoms with Crippen molar-refractivity contribution in [1.82, 2.24) is 4.98 Å². The maximum atomic E-state index is 5.98. The summed E-state index contributed by atoms with van der Waals surface area (Å²) in [6, 6.07) is 7.91. The molecule has 2 aromatic rings. The number of halogens is 2. The van der Waals surface area contributed by atoms with E-state index in [1.165, 1.54) is 4.88 Å². The largest absolute Gasteiger partial charge is 0.355 e. The van der Waals surface area contributed by atoms with Crippen molar-refractivity contribution in [3.8, 4) is 0 Å². The van der Waals surface area contributed by atoms with E-state index in [0.29, 0.717) is 10.9 Å². The van der Waals surface area contributed by atoms with Gasteiger partial charge < -0.3 is 4.90 Å². The molecule has 0 unspecified atom stereocenters. The molecule has 0 amide bonds. The highest BCUT2D eigenvalue weighted by molar-refractivity contribution is 7.09.